The second-order valence-corrected chi connectivity index (χ2v) is 10.4. The molecule has 38 heavy (non-hydrogen) atoms. The molecule has 0 atom stereocenters. The van der Waals surface area contributed by atoms with Crippen molar-refractivity contribution >= 4 is 22.8 Å². The average Bonchev–Trinajstić information content (AvgIpc) is 3.51. The summed E-state index contributed by atoms with van der Waals surface area (Å²) in [5, 5.41) is 6.26. The first kappa shape index (κ1) is 24.5. The molecule has 0 spiro atoms. The topological polar surface area (TPSA) is 127 Å². The Labute approximate surface area is 220 Å². The monoisotopic (exact) mass is 519 g/mol. The Hall–Kier alpha value is -3.82. The predicted octanol–water partition coefficient (Wildman–Crippen LogP) is 4.02. The highest BCUT2D eigenvalue weighted by atomic mass is 16.7. The van der Waals surface area contributed by atoms with Crippen LogP contribution in [0.4, 0.5) is 0 Å². The molecule has 2 fully saturated rings. The van der Waals surface area contributed by atoms with Crippen molar-refractivity contribution in [2.24, 2.45) is 5.92 Å². The summed E-state index contributed by atoms with van der Waals surface area (Å²) in [4.78, 5) is 37.7. The van der Waals surface area contributed by atoms with Gasteiger partial charge in [0.05, 0.1) is 23.3 Å². The van der Waals surface area contributed by atoms with Crippen molar-refractivity contribution in [3.05, 3.63) is 29.7 Å². The predicted molar refractivity (Wildman–Crippen MR) is 140 cm³/mol. The molecule has 200 valence electrons. The highest BCUT2D eigenvalue weighted by Gasteiger charge is 2.30. The normalized spacial score (nSPS) is 20.4. The van der Waals surface area contributed by atoms with Gasteiger partial charge in [0.25, 0.3) is 5.91 Å². The van der Waals surface area contributed by atoms with Gasteiger partial charge < -0.3 is 29.8 Å². The maximum Gasteiger partial charge on any atom is 0.255 e. The van der Waals surface area contributed by atoms with E-state index in [1.165, 1.54) is 19.2 Å². The van der Waals surface area contributed by atoms with E-state index >= 15 is 0 Å². The van der Waals surface area contributed by atoms with Crippen LogP contribution in [0, 0.1) is 12.8 Å². The summed E-state index contributed by atoms with van der Waals surface area (Å²) in [7, 11) is 0. The number of nitrogens with zero attached hydrogens (tertiary/aromatic N) is 2. The van der Waals surface area contributed by atoms with Crippen LogP contribution in [0.3, 0.4) is 0 Å². The number of aromatic nitrogens is 3. The number of aromatic amines is 1. The van der Waals surface area contributed by atoms with E-state index in [1.54, 1.807) is 0 Å². The third-order valence-corrected chi connectivity index (χ3v) is 7.66. The molecule has 3 N–H and O–H groups in total. The second-order valence-electron chi connectivity index (χ2n) is 10.4. The maximum atomic E-state index is 13.5. The minimum atomic E-state index is -0.164. The number of H-pyrrole nitrogens is 1. The Morgan fingerprint density at radius 3 is 2.55 bits per heavy atom. The molecule has 2 saturated carbocycles. The van der Waals surface area contributed by atoms with Gasteiger partial charge in [-0.05, 0) is 63.5 Å². The molecule has 2 aromatic heterocycles. The summed E-state index contributed by atoms with van der Waals surface area (Å²) in [6.45, 7) is 4.50. The summed E-state index contributed by atoms with van der Waals surface area (Å²) >= 11 is 0. The van der Waals surface area contributed by atoms with Gasteiger partial charge in [-0.25, -0.2) is 9.97 Å². The van der Waals surface area contributed by atoms with E-state index in [1.807, 2.05) is 26.0 Å². The van der Waals surface area contributed by atoms with Crippen molar-refractivity contribution in [1.82, 2.24) is 25.6 Å². The van der Waals surface area contributed by atoms with Crippen molar-refractivity contribution in [1.29, 1.82) is 0 Å². The molecule has 0 radical (unpaired) electrons. The Kier molecular flexibility index (Phi) is 6.55. The minimum Gasteiger partial charge on any atom is -0.492 e. The number of nitrogens with one attached hydrogen (secondary N) is 3. The zero-order chi connectivity index (χ0) is 26.2. The van der Waals surface area contributed by atoms with Crippen LogP contribution in [-0.4, -0.2) is 52.2 Å². The number of hydrogen-bond donors (Lipinski definition) is 3. The van der Waals surface area contributed by atoms with Crippen molar-refractivity contribution in [2.45, 2.75) is 70.9 Å². The Morgan fingerprint density at radius 2 is 1.82 bits per heavy atom. The van der Waals surface area contributed by atoms with Gasteiger partial charge in [0.1, 0.15) is 23.3 Å². The van der Waals surface area contributed by atoms with E-state index in [-0.39, 0.29) is 30.7 Å². The van der Waals surface area contributed by atoms with E-state index in [0.717, 1.165) is 25.7 Å². The fraction of sp³-hybridized carbons (Fsp3) is 0.500. The van der Waals surface area contributed by atoms with Gasteiger partial charge in [-0.15, -0.1) is 0 Å². The van der Waals surface area contributed by atoms with Crippen molar-refractivity contribution in [3.8, 4) is 28.5 Å². The number of ether oxygens (including phenoxy) is 3. The van der Waals surface area contributed by atoms with Crippen LogP contribution >= 0.6 is 0 Å². The molecule has 10 nitrogen and oxygen atoms in total. The van der Waals surface area contributed by atoms with Crippen LogP contribution in [0.5, 0.6) is 17.2 Å². The molecule has 1 aromatic carbocycles. The van der Waals surface area contributed by atoms with Gasteiger partial charge in [0, 0.05) is 24.2 Å². The molecule has 6 rings (SSSR count). The molecular formula is C28H33N5O5. The molecule has 10 heteroatoms. The standard InChI is InChI=1S/C28H33N5O5/c1-3-21(34)32-17-6-8-18(9-7-17)33-28(35)22-15(2)31-26-24(22)29-13-30-25(26)23-19(36-12-16-4-5-16)10-11-20-27(23)38-14-37-20/h10-11,13,16-18,31H,3-9,12,14H2,1-2H3,(H,32,34)(H,33,35). The molecule has 0 saturated heterocycles. The first-order chi connectivity index (χ1) is 18.5. The molecule has 2 amide bonds. The lowest BCUT2D eigenvalue weighted by atomic mass is 9.91. The highest BCUT2D eigenvalue weighted by Crippen LogP contribution is 2.48. The number of fused-ring (bicyclic) bond motifs is 2. The van der Waals surface area contributed by atoms with Crippen LogP contribution in [0.1, 0.15) is 67.9 Å². The number of amides is 2. The van der Waals surface area contributed by atoms with Gasteiger partial charge in [-0.2, -0.15) is 0 Å². The smallest absolute Gasteiger partial charge is 0.255 e. The summed E-state index contributed by atoms with van der Waals surface area (Å²) in [6.07, 6.45) is 7.65. The molecule has 3 aromatic rings. The fourth-order valence-corrected chi connectivity index (χ4v) is 5.35. The largest absolute Gasteiger partial charge is 0.492 e. The number of carbonyl (C=O) groups is 2. The summed E-state index contributed by atoms with van der Waals surface area (Å²) in [5.74, 6) is 2.39. The molecule has 3 aliphatic rings. The van der Waals surface area contributed by atoms with Crippen LogP contribution in [0.2, 0.25) is 0 Å². The first-order valence-corrected chi connectivity index (χ1v) is 13.5. The van der Waals surface area contributed by atoms with Gasteiger partial charge in [0.15, 0.2) is 11.5 Å². The van der Waals surface area contributed by atoms with E-state index in [2.05, 4.69) is 25.6 Å². The van der Waals surface area contributed by atoms with Gasteiger partial charge in [-0.3, -0.25) is 9.59 Å². The van der Waals surface area contributed by atoms with Crippen molar-refractivity contribution in [3.63, 3.8) is 0 Å². The van der Waals surface area contributed by atoms with Gasteiger partial charge in [0.2, 0.25) is 12.7 Å². The Balaban J connectivity index is 1.27. The molecule has 2 aliphatic carbocycles. The minimum absolute atomic E-state index is 0.0494. The third-order valence-electron chi connectivity index (χ3n) is 7.66. The van der Waals surface area contributed by atoms with Crippen LogP contribution in [-0.2, 0) is 4.79 Å². The second kappa shape index (κ2) is 10.2. The van der Waals surface area contributed by atoms with Gasteiger partial charge >= 0.3 is 0 Å². The third kappa shape index (κ3) is 4.75. The molecule has 1 aliphatic heterocycles. The summed E-state index contributed by atoms with van der Waals surface area (Å²) < 4.78 is 17.7. The highest BCUT2D eigenvalue weighted by molar-refractivity contribution is 6.09. The lowest BCUT2D eigenvalue weighted by Crippen LogP contribution is -2.43. The van der Waals surface area contributed by atoms with Crippen LogP contribution in [0.15, 0.2) is 18.5 Å². The Bertz CT molecular complexity index is 1370. The SMILES string of the molecule is CCC(=O)NC1CCC(NC(=O)c2c(C)[nH]c3c(-c4c(OCC5CC5)ccc5c4OCO5)ncnc23)CC1. The number of rotatable bonds is 8. The molecule has 3 heterocycles. The average molecular weight is 520 g/mol. The van der Waals surface area contributed by atoms with E-state index in [4.69, 9.17) is 14.2 Å². The fourth-order valence-electron chi connectivity index (χ4n) is 5.35. The number of aryl methyl sites for hydroxylation is 1. The van der Waals surface area contributed by atoms with Crippen LogP contribution in [0.25, 0.3) is 22.3 Å². The van der Waals surface area contributed by atoms with E-state index in [9.17, 15) is 9.59 Å². The molecule has 0 bridgehead atoms. The quantitative estimate of drug-likeness (QED) is 0.410. The Morgan fingerprint density at radius 1 is 1.05 bits per heavy atom. The molecular weight excluding hydrogens is 486 g/mol. The lowest BCUT2D eigenvalue weighted by Gasteiger charge is -2.29. The number of hydrogen-bond acceptors (Lipinski definition) is 7. The zero-order valence-corrected chi connectivity index (χ0v) is 21.8. The van der Waals surface area contributed by atoms with Crippen molar-refractivity contribution in [2.75, 3.05) is 13.4 Å². The summed E-state index contributed by atoms with van der Waals surface area (Å²) in [5.41, 5.74) is 3.75. The lowest BCUT2D eigenvalue weighted by molar-refractivity contribution is -0.121. The van der Waals surface area contributed by atoms with Crippen molar-refractivity contribution < 1.29 is 23.8 Å². The number of benzene rings is 1. The van der Waals surface area contributed by atoms with Gasteiger partial charge in [-0.1, -0.05) is 6.92 Å². The zero-order valence-electron chi connectivity index (χ0n) is 21.8. The number of carbonyl (C=O) groups excluding carboxylic acids is 2. The first-order valence-electron chi connectivity index (χ1n) is 13.5. The summed E-state index contributed by atoms with van der Waals surface area (Å²) in [6, 6.07) is 3.97. The van der Waals surface area contributed by atoms with E-state index < -0.39 is 0 Å². The molecule has 0 unspecified atom stereocenters. The van der Waals surface area contributed by atoms with Crippen LogP contribution < -0.4 is 24.8 Å². The maximum absolute atomic E-state index is 13.5. The van der Waals surface area contributed by atoms with E-state index in [0.29, 0.717) is 69.7 Å².